The van der Waals surface area contributed by atoms with Crippen molar-refractivity contribution in [2.24, 2.45) is 0 Å². The largest absolute Gasteiger partial charge is 0.440 e. The van der Waals surface area contributed by atoms with Gasteiger partial charge in [0.1, 0.15) is 11.3 Å². The molecule has 31 heavy (non-hydrogen) atoms. The lowest BCUT2D eigenvalue weighted by molar-refractivity contribution is -0.131. The van der Waals surface area contributed by atoms with Crippen LogP contribution in [0, 0.1) is 0 Å². The normalized spacial score (nSPS) is 14.7. The number of nitrogens with zero attached hydrogens (tertiary/aromatic N) is 2. The topological polar surface area (TPSA) is 84.7 Å². The van der Waals surface area contributed by atoms with E-state index in [0.717, 1.165) is 23.9 Å². The standard InChI is InChI=1S/C22H21F2N3O4/c23-22(24)30-16-5-3-4-15(12-16)20(29)25-13-19(28)27-10-8-14(9-11-27)21-26-17-6-1-2-7-18(17)31-21/h1-7,12,14,22H,8-11,13H2,(H,25,29). The zero-order chi connectivity index (χ0) is 21.8. The Morgan fingerprint density at radius 1 is 1.16 bits per heavy atom. The van der Waals surface area contributed by atoms with E-state index in [4.69, 9.17) is 4.42 Å². The Balaban J connectivity index is 1.27. The number of oxazole rings is 1. The molecule has 0 radical (unpaired) electrons. The molecule has 9 heteroatoms. The third-order valence-corrected chi connectivity index (χ3v) is 5.23. The lowest BCUT2D eigenvalue weighted by Crippen LogP contribution is -2.43. The van der Waals surface area contributed by atoms with Gasteiger partial charge in [-0.3, -0.25) is 9.59 Å². The molecule has 0 bridgehead atoms. The second-order valence-corrected chi connectivity index (χ2v) is 7.26. The number of hydrogen-bond donors (Lipinski definition) is 1. The molecule has 1 aliphatic rings. The van der Waals surface area contributed by atoms with E-state index in [-0.39, 0.29) is 29.7 Å². The van der Waals surface area contributed by atoms with Crippen molar-refractivity contribution >= 4 is 22.9 Å². The summed E-state index contributed by atoms with van der Waals surface area (Å²) in [5.41, 5.74) is 1.71. The van der Waals surface area contributed by atoms with Crippen molar-refractivity contribution in [2.75, 3.05) is 19.6 Å². The van der Waals surface area contributed by atoms with Gasteiger partial charge in [-0.05, 0) is 43.2 Å². The van der Waals surface area contributed by atoms with Crippen molar-refractivity contribution in [1.29, 1.82) is 0 Å². The van der Waals surface area contributed by atoms with Crippen molar-refractivity contribution in [1.82, 2.24) is 15.2 Å². The summed E-state index contributed by atoms with van der Waals surface area (Å²) >= 11 is 0. The molecule has 1 aromatic heterocycles. The number of amides is 2. The van der Waals surface area contributed by atoms with Crippen molar-refractivity contribution < 1.29 is 27.5 Å². The van der Waals surface area contributed by atoms with E-state index in [9.17, 15) is 18.4 Å². The number of carbonyl (C=O) groups is 2. The molecule has 0 atom stereocenters. The first kappa shape index (κ1) is 20.8. The number of benzene rings is 2. The summed E-state index contributed by atoms with van der Waals surface area (Å²) in [6.45, 7) is -2.07. The molecule has 7 nitrogen and oxygen atoms in total. The first-order valence-corrected chi connectivity index (χ1v) is 9.96. The van der Waals surface area contributed by atoms with Crippen LogP contribution in [0.25, 0.3) is 11.1 Å². The predicted molar refractivity (Wildman–Crippen MR) is 108 cm³/mol. The summed E-state index contributed by atoms with van der Waals surface area (Å²) < 4.78 is 34.8. The smallest absolute Gasteiger partial charge is 0.387 e. The first-order chi connectivity index (χ1) is 15.0. The zero-order valence-electron chi connectivity index (χ0n) is 16.6. The van der Waals surface area contributed by atoms with Crippen molar-refractivity contribution in [3.63, 3.8) is 0 Å². The van der Waals surface area contributed by atoms with E-state index in [0.29, 0.717) is 19.0 Å². The first-order valence-electron chi connectivity index (χ1n) is 9.96. The summed E-state index contributed by atoms with van der Waals surface area (Å²) in [6, 6.07) is 13.0. The second kappa shape index (κ2) is 9.11. The fraction of sp³-hybridized carbons (Fsp3) is 0.318. The van der Waals surface area contributed by atoms with Crippen molar-refractivity contribution in [3.05, 3.63) is 60.0 Å². The van der Waals surface area contributed by atoms with Crippen LogP contribution in [0.5, 0.6) is 5.75 Å². The van der Waals surface area contributed by atoms with Crippen LogP contribution >= 0.6 is 0 Å². The Labute approximate surface area is 177 Å². The lowest BCUT2D eigenvalue weighted by Gasteiger charge is -2.30. The molecule has 4 rings (SSSR count). The molecule has 162 valence electrons. The molecule has 0 aliphatic carbocycles. The number of aromatic nitrogens is 1. The molecule has 0 saturated carbocycles. The van der Waals surface area contributed by atoms with Crippen LogP contribution in [-0.4, -0.2) is 47.9 Å². The summed E-state index contributed by atoms with van der Waals surface area (Å²) in [7, 11) is 0. The fourth-order valence-corrected chi connectivity index (χ4v) is 3.62. The van der Waals surface area contributed by atoms with E-state index in [1.807, 2.05) is 24.3 Å². The van der Waals surface area contributed by atoms with Gasteiger partial charge in [0.2, 0.25) is 5.91 Å². The number of para-hydroxylation sites is 2. The summed E-state index contributed by atoms with van der Waals surface area (Å²) in [4.78, 5) is 31.0. The minimum atomic E-state index is -2.97. The monoisotopic (exact) mass is 429 g/mol. The van der Waals surface area contributed by atoms with Gasteiger partial charge in [-0.1, -0.05) is 18.2 Å². The average Bonchev–Trinajstić information content (AvgIpc) is 3.21. The molecular weight excluding hydrogens is 408 g/mol. The Hall–Kier alpha value is -3.49. The number of hydrogen-bond acceptors (Lipinski definition) is 5. The third-order valence-electron chi connectivity index (χ3n) is 5.23. The molecule has 1 saturated heterocycles. The number of piperidine rings is 1. The Bertz CT molecular complexity index is 1040. The predicted octanol–water partition coefficient (Wildman–Crippen LogP) is 3.57. The van der Waals surface area contributed by atoms with E-state index < -0.39 is 12.5 Å². The highest BCUT2D eigenvalue weighted by atomic mass is 19.3. The van der Waals surface area contributed by atoms with Gasteiger partial charge >= 0.3 is 6.61 Å². The van der Waals surface area contributed by atoms with Crippen LogP contribution in [0.2, 0.25) is 0 Å². The number of ether oxygens (including phenoxy) is 1. The number of nitrogens with one attached hydrogen (secondary N) is 1. The Morgan fingerprint density at radius 3 is 2.68 bits per heavy atom. The highest BCUT2D eigenvalue weighted by Crippen LogP contribution is 2.29. The van der Waals surface area contributed by atoms with Crippen LogP contribution in [0.15, 0.2) is 52.9 Å². The molecule has 3 aromatic rings. The zero-order valence-corrected chi connectivity index (χ0v) is 16.6. The molecule has 1 N–H and O–H groups in total. The molecule has 1 fully saturated rings. The molecule has 1 aliphatic heterocycles. The molecule has 2 aromatic carbocycles. The minimum absolute atomic E-state index is 0.116. The summed E-state index contributed by atoms with van der Waals surface area (Å²) in [5.74, 6) is -0.0230. The van der Waals surface area contributed by atoms with Crippen LogP contribution in [0.1, 0.15) is 35.0 Å². The minimum Gasteiger partial charge on any atom is -0.440 e. The van der Waals surface area contributed by atoms with Gasteiger partial charge in [0.25, 0.3) is 5.91 Å². The highest BCUT2D eigenvalue weighted by molar-refractivity contribution is 5.96. The van der Waals surface area contributed by atoms with Gasteiger partial charge in [-0.15, -0.1) is 0 Å². The fourth-order valence-electron chi connectivity index (χ4n) is 3.62. The molecule has 0 unspecified atom stereocenters. The third kappa shape index (κ3) is 4.99. The van der Waals surface area contributed by atoms with E-state index in [1.165, 1.54) is 24.3 Å². The maximum Gasteiger partial charge on any atom is 0.387 e. The number of carbonyl (C=O) groups excluding carboxylic acids is 2. The van der Waals surface area contributed by atoms with Gasteiger partial charge in [-0.2, -0.15) is 8.78 Å². The number of alkyl halides is 2. The van der Waals surface area contributed by atoms with E-state index >= 15 is 0 Å². The van der Waals surface area contributed by atoms with Crippen molar-refractivity contribution in [3.8, 4) is 5.75 Å². The SMILES string of the molecule is O=C(NCC(=O)N1CCC(c2nc3ccccc3o2)CC1)c1cccc(OC(F)F)c1. The van der Waals surface area contributed by atoms with Gasteiger partial charge in [-0.25, -0.2) is 4.98 Å². The summed E-state index contributed by atoms with van der Waals surface area (Å²) in [5, 5.41) is 2.53. The van der Waals surface area contributed by atoms with Crippen LogP contribution in [0.4, 0.5) is 8.78 Å². The number of rotatable bonds is 6. The Morgan fingerprint density at radius 2 is 1.94 bits per heavy atom. The molecule has 2 heterocycles. The molecule has 0 spiro atoms. The quantitative estimate of drug-likeness (QED) is 0.648. The van der Waals surface area contributed by atoms with Gasteiger partial charge in [0.05, 0.1) is 6.54 Å². The maximum absolute atomic E-state index is 12.5. The van der Waals surface area contributed by atoms with E-state index in [1.54, 1.807) is 4.90 Å². The number of likely N-dealkylation sites (tertiary alicyclic amines) is 1. The van der Waals surface area contributed by atoms with Crippen molar-refractivity contribution in [2.45, 2.75) is 25.4 Å². The van der Waals surface area contributed by atoms with Crippen LogP contribution < -0.4 is 10.1 Å². The maximum atomic E-state index is 12.5. The number of fused-ring (bicyclic) bond motifs is 1. The van der Waals surface area contributed by atoms with Gasteiger partial charge in [0.15, 0.2) is 11.5 Å². The molecule has 2 amide bonds. The van der Waals surface area contributed by atoms with Gasteiger partial charge in [0, 0.05) is 24.6 Å². The lowest BCUT2D eigenvalue weighted by atomic mass is 9.97. The second-order valence-electron chi connectivity index (χ2n) is 7.26. The average molecular weight is 429 g/mol. The van der Waals surface area contributed by atoms with Gasteiger partial charge < -0.3 is 19.4 Å². The van der Waals surface area contributed by atoms with Crippen LogP contribution in [0.3, 0.4) is 0 Å². The van der Waals surface area contributed by atoms with Crippen LogP contribution in [-0.2, 0) is 4.79 Å². The number of halogens is 2. The highest BCUT2D eigenvalue weighted by Gasteiger charge is 2.27. The van der Waals surface area contributed by atoms with E-state index in [2.05, 4.69) is 15.0 Å². The molecular formula is C22H21F2N3O4. The Kier molecular flexibility index (Phi) is 6.11. The summed E-state index contributed by atoms with van der Waals surface area (Å²) in [6.07, 6.45) is 1.44.